The van der Waals surface area contributed by atoms with Gasteiger partial charge in [-0.1, -0.05) is 112 Å². The van der Waals surface area contributed by atoms with Crippen LogP contribution in [0.15, 0.2) is 196 Å². The fourth-order valence-electron chi connectivity index (χ4n) is 7.29. The highest BCUT2D eigenvalue weighted by Crippen LogP contribution is 2.43. The fourth-order valence-corrected chi connectivity index (χ4v) is 13.7. The second-order valence-electron chi connectivity index (χ2n) is 16.8. The highest BCUT2D eigenvalue weighted by molar-refractivity contribution is 14.1. The lowest BCUT2D eigenvalue weighted by Gasteiger charge is -2.09. The Morgan fingerprint density at radius 2 is 0.914 bits per heavy atom. The molecule has 1 saturated heterocycles. The van der Waals surface area contributed by atoms with Crippen molar-refractivity contribution in [1.82, 2.24) is 0 Å². The normalized spacial score (nSPS) is 10.8. The van der Waals surface area contributed by atoms with Gasteiger partial charge in [0.05, 0.1) is 19.7 Å². The number of rotatable bonds is 11. The number of fused-ring (bicyclic) bond motifs is 3. The zero-order chi connectivity index (χ0) is 67.3. The topological polar surface area (TPSA) is 338 Å². The molecule has 0 spiro atoms. The van der Waals surface area contributed by atoms with Gasteiger partial charge in [0.2, 0.25) is 0 Å². The maximum Gasteiger partial charge on any atom is 0.569 e. The molecule has 21 nitrogen and oxygen atoms in total. The number of nitrogens with zero attached hydrogens (tertiary/aromatic N) is 4. The molecule has 0 bridgehead atoms. The summed E-state index contributed by atoms with van der Waals surface area (Å²) in [4.78, 5) is 45.1. The predicted octanol–water partition coefficient (Wildman–Crippen LogP) is 20.1. The van der Waals surface area contributed by atoms with Crippen molar-refractivity contribution in [3.63, 3.8) is 0 Å². The third-order valence-electron chi connectivity index (χ3n) is 11.3. The predicted molar refractivity (Wildman–Crippen MR) is 390 cm³/mol. The van der Waals surface area contributed by atoms with Crippen LogP contribution in [0, 0.1) is 44.0 Å². The summed E-state index contributed by atoms with van der Waals surface area (Å²) in [5, 5.41) is 65.5. The Labute approximate surface area is 597 Å². The Balaban J connectivity index is 0.00000108. The van der Waals surface area contributed by atoms with Gasteiger partial charge < -0.3 is 19.9 Å². The van der Waals surface area contributed by atoms with Crippen LogP contribution in [0.3, 0.4) is 0 Å². The van der Waals surface area contributed by atoms with Crippen LogP contribution in [0.5, 0.6) is 5.75 Å². The second kappa shape index (κ2) is 44.4. The Bertz CT molecular complexity index is 3890. The quantitative estimate of drug-likeness (QED) is 0.0137. The van der Waals surface area contributed by atoms with E-state index in [1.807, 2.05) is 104 Å². The molecule has 10 rings (SSSR count). The molecular formula is C58H58BBr4F3IN4O17S5. The van der Waals surface area contributed by atoms with Gasteiger partial charge in [0.15, 0.2) is 0 Å². The first-order valence-corrected chi connectivity index (χ1v) is 34.9. The molecule has 0 unspecified atom stereocenters. The minimum atomic E-state index is -5.84. The molecule has 0 aliphatic carbocycles. The molecule has 0 atom stereocenters. The van der Waals surface area contributed by atoms with E-state index in [4.69, 9.17) is 33.2 Å². The van der Waals surface area contributed by atoms with E-state index < -0.39 is 20.5 Å². The number of halogens is 8. The zero-order valence-corrected chi connectivity index (χ0v) is 59.6. The van der Waals surface area contributed by atoms with Gasteiger partial charge in [0, 0.05) is 87.0 Å². The van der Waals surface area contributed by atoms with Crippen LogP contribution < -0.4 is 4.65 Å². The second-order valence-corrected chi connectivity index (χ2v) is 26.1. The molecule has 1 radical (unpaired) electrons. The summed E-state index contributed by atoms with van der Waals surface area (Å²) in [7, 11) is -5.38. The average molecular weight is 1760 g/mol. The van der Waals surface area contributed by atoms with Crippen molar-refractivity contribution in [2.75, 3.05) is 32.0 Å². The third kappa shape index (κ3) is 26.6. The number of thiophene rings is 1. The van der Waals surface area contributed by atoms with Crippen LogP contribution in [0.4, 0.5) is 35.9 Å². The molecule has 0 amide bonds. The summed E-state index contributed by atoms with van der Waals surface area (Å²) >= 11 is 22.0. The average Bonchev–Trinajstić information content (AvgIpc) is 1.66. The van der Waals surface area contributed by atoms with E-state index >= 15 is 0 Å². The highest BCUT2D eigenvalue weighted by atomic mass is 127. The minimum Gasteiger partial charge on any atom is -0.536 e. The first-order chi connectivity index (χ1) is 42.7. The third-order valence-corrected chi connectivity index (χ3v) is 20.0. The van der Waals surface area contributed by atoms with E-state index in [1.54, 1.807) is 64.8 Å². The van der Waals surface area contributed by atoms with Crippen molar-refractivity contribution in [1.29, 1.82) is 0 Å². The molecule has 1 aliphatic heterocycles. The Kier molecular flexibility index (Phi) is 41.8. The van der Waals surface area contributed by atoms with Crippen molar-refractivity contribution in [2.24, 2.45) is 0 Å². The smallest absolute Gasteiger partial charge is 0.536 e. The fraction of sp³-hybridized carbons (Fsp3) is 0.172. The van der Waals surface area contributed by atoms with Gasteiger partial charge in [0.25, 0.3) is 22.7 Å². The van der Waals surface area contributed by atoms with Crippen LogP contribution in [-0.4, -0.2) is 98.9 Å². The molecule has 8 aromatic carbocycles. The van der Waals surface area contributed by atoms with E-state index in [0.29, 0.717) is 21.1 Å². The molecule has 2 heterocycles. The van der Waals surface area contributed by atoms with Gasteiger partial charge in [-0.2, -0.15) is 21.6 Å². The molecule has 1 fully saturated rings. The molecule has 1 aromatic heterocycles. The SMILES string of the molecule is C.C.C1CCOC1.CSc1ccccc1-c1cccc([N+](=O)[O-])c1Br.CSc1ccccc1-c1cccc([N+](=O)[O-])c1Br.CSc1ccccc1I.O.O=S(=O)(O)C(F)(F)F.O=[N+]([O-])c1ccc2sc3ccccc3c2c1Br.O=[N+]([O-])c1cccc(O[B]O)c1Br.OO. The van der Waals surface area contributed by atoms with Gasteiger partial charge in [0.1, 0.15) is 23.6 Å². The number of hydrogen-bond donors (Lipinski definition) is 4. The largest absolute Gasteiger partial charge is 0.569 e. The number of benzene rings is 8. The highest BCUT2D eigenvalue weighted by Gasteiger charge is 2.44. The lowest BCUT2D eigenvalue weighted by molar-refractivity contribution is -0.385. The first-order valence-electron chi connectivity index (χ1n) is 24.8. The Morgan fingerprint density at radius 3 is 1.29 bits per heavy atom. The number of nitro groups is 4. The number of alkyl halides is 3. The summed E-state index contributed by atoms with van der Waals surface area (Å²) in [6, 6.07) is 49.8. The number of thioether (sulfide) groups is 3. The lowest BCUT2D eigenvalue weighted by atomic mass is 10.1. The van der Waals surface area contributed by atoms with Gasteiger partial charge in [-0.15, -0.1) is 46.6 Å². The molecular weight excluding hydrogens is 1700 g/mol. The van der Waals surface area contributed by atoms with Crippen molar-refractivity contribution < 1.29 is 76.2 Å². The van der Waals surface area contributed by atoms with Crippen LogP contribution in [-0.2, 0) is 14.9 Å². The molecule has 6 N–H and O–H groups in total. The molecule has 93 heavy (non-hydrogen) atoms. The number of nitro benzene ring substituents is 4. The molecule has 501 valence electrons. The molecule has 9 aromatic rings. The summed E-state index contributed by atoms with van der Waals surface area (Å²) in [6.45, 7) is 2.00. The lowest BCUT2D eigenvalue weighted by Crippen LogP contribution is -2.21. The van der Waals surface area contributed by atoms with Crippen molar-refractivity contribution in [2.45, 2.75) is 47.9 Å². The monoisotopic (exact) mass is 1750 g/mol. The first kappa shape index (κ1) is 87.6. The van der Waals surface area contributed by atoms with Gasteiger partial charge >= 0.3 is 23.3 Å². The standard InChI is InChI=1S/2C13H10BrNO2S.C12H6BrNO2S.C7H7IS.C6H4BBrNO4.C4H8O.CHF3O3S.2CH4.H2O2.H2O/c2*1-18-12-8-3-2-5-9(12)10-6-4-7-11(13(10)14)15(16)17;13-12-8(14(15)16)5-6-10-11(12)7-3-1-2-4-9(7)17-10;1-9-7-5-3-2-4-6(7)8;8-6-4(9(11)12)2-1-3-5(6)13-7-10;1-2-4-5-3-1;2-1(3,4)8(5,6)7;;;1-2;/h2*2-8H,1H3;1-6H;2-5H,1H3;1-3,10H;1-4H2;(H,5,6,7);2*1H4;1-2H;1H2. The van der Waals surface area contributed by atoms with E-state index in [1.165, 1.54) is 51.6 Å². The zero-order valence-electron chi connectivity index (χ0n) is 47.0. The van der Waals surface area contributed by atoms with Crippen LogP contribution in [0.1, 0.15) is 27.7 Å². The van der Waals surface area contributed by atoms with E-state index in [-0.39, 0.29) is 68.1 Å². The Hall–Kier alpha value is -5.36. The maximum absolute atomic E-state index is 10.9. The minimum absolute atomic E-state index is 0. The maximum atomic E-state index is 10.9. The molecule has 1 aliphatic rings. The van der Waals surface area contributed by atoms with Crippen LogP contribution in [0.25, 0.3) is 42.4 Å². The number of ether oxygens (including phenoxy) is 1. The van der Waals surface area contributed by atoms with Crippen molar-refractivity contribution in [3.8, 4) is 28.0 Å². The van der Waals surface area contributed by atoms with E-state index in [2.05, 4.69) is 121 Å². The van der Waals surface area contributed by atoms with Crippen LogP contribution >= 0.6 is 133 Å². The van der Waals surface area contributed by atoms with Crippen LogP contribution in [0.2, 0.25) is 0 Å². The summed E-state index contributed by atoms with van der Waals surface area (Å²) < 4.78 is 72.4. The van der Waals surface area contributed by atoms with Gasteiger partial charge in [-0.05, 0) is 172 Å². The Morgan fingerprint density at radius 1 is 0.548 bits per heavy atom. The van der Waals surface area contributed by atoms with E-state index in [0.717, 1.165) is 65.4 Å². The summed E-state index contributed by atoms with van der Waals surface area (Å²) in [5.41, 5.74) is -1.68. The van der Waals surface area contributed by atoms with Gasteiger partial charge in [-0.3, -0.25) is 55.5 Å². The summed E-state index contributed by atoms with van der Waals surface area (Å²) in [5.74, 6) is 0.191. The molecule has 0 saturated carbocycles. The van der Waals surface area contributed by atoms with Gasteiger partial charge in [-0.25, -0.2) is 0 Å². The van der Waals surface area contributed by atoms with Crippen molar-refractivity contribution >= 4 is 194 Å². The molecule has 35 heteroatoms. The van der Waals surface area contributed by atoms with Crippen molar-refractivity contribution in [3.05, 3.63) is 226 Å². The summed E-state index contributed by atoms with van der Waals surface area (Å²) in [6.07, 6.45) is 8.63. The number of hydrogen-bond acceptors (Lipinski definition) is 19. The van der Waals surface area contributed by atoms with E-state index in [9.17, 15) is 53.6 Å².